The van der Waals surface area contributed by atoms with Crippen LogP contribution in [0.5, 0.6) is 11.5 Å². The van der Waals surface area contributed by atoms with E-state index in [-0.39, 0.29) is 5.91 Å². The van der Waals surface area contributed by atoms with Crippen molar-refractivity contribution in [1.29, 1.82) is 0 Å². The predicted octanol–water partition coefficient (Wildman–Crippen LogP) is 2.18. The number of amides is 1. The number of carbonyl (C=O) groups excluding carboxylic acids is 1. The monoisotopic (exact) mass is 284 g/mol. The zero-order valence-corrected chi connectivity index (χ0v) is 11.7. The average Bonchev–Trinajstić information content (AvgIpc) is 2.37. The lowest BCUT2D eigenvalue weighted by molar-refractivity contribution is -0.123. The summed E-state index contributed by atoms with van der Waals surface area (Å²) in [4.78, 5) is 12.1. The van der Waals surface area contributed by atoms with Crippen molar-refractivity contribution in [2.75, 3.05) is 19.5 Å². The van der Waals surface area contributed by atoms with Gasteiger partial charge in [0.25, 0.3) is 0 Å². The van der Waals surface area contributed by atoms with Crippen LogP contribution in [0.1, 0.15) is 19.3 Å². The standard InChI is InChI=1S/C13H17ClN2O3/c1-18-10-6-8(14)9(7-11(10)19-2)16-12(17)13(15)4-3-5-13/h6-7H,3-5,15H2,1-2H3,(H,16,17). The van der Waals surface area contributed by atoms with E-state index in [0.29, 0.717) is 35.1 Å². The van der Waals surface area contributed by atoms with Crippen molar-refractivity contribution >= 4 is 23.2 Å². The van der Waals surface area contributed by atoms with Gasteiger partial charge < -0.3 is 20.5 Å². The molecule has 6 heteroatoms. The molecule has 0 atom stereocenters. The summed E-state index contributed by atoms with van der Waals surface area (Å²) < 4.78 is 10.3. The first-order valence-corrected chi connectivity index (χ1v) is 6.40. The van der Waals surface area contributed by atoms with E-state index in [1.807, 2.05) is 0 Å². The number of nitrogens with one attached hydrogen (secondary N) is 1. The molecule has 0 unspecified atom stereocenters. The Morgan fingerprint density at radius 2 is 1.89 bits per heavy atom. The normalized spacial score (nSPS) is 16.4. The third-order valence-corrected chi connectivity index (χ3v) is 3.73. The highest BCUT2D eigenvalue weighted by atomic mass is 35.5. The predicted molar refractivity (Wildman–Crippen MR) is 74.0 cm³/mol. The molecule has 0 aromatic heterocycles. The van der Waals surface area contributed by atoms with E-state index in [0.717, 1.165) is 6.42 Å². The number of methoxy groups -OCH3 is 2. The molecule has 1 fully saturated rings. The van der Waals surface area contributed by atoms with Crippen LogP contribution in [0.4, 0.5) is 5.69 Å². The van der Waals surface area contributed by atoms with Crippen LogP contribution >= 0.6 is 11.6 Å². The number of hydrogen-bond donors (Lipinski definition) is 2. The van der Waals surface area contributed by atoms with Gasteiger partial charge in [-0.15, -0.1) is 0 Å². The van der Waals surface area contributed by atoms with Gasteiger partial charge in [0.2, 0.25) is 5.91 Å². The van der Waals surface area contributed by atoms with Gasteiger partial charge >= 0.3 is 0 Å². The summed E-state index contributed by atoms with van der Waals surface area (Å²) in [6.07, 6.45) is 2.37. The lowest BCUT2D eigenvalue weighted by Crippen LogP contribution is -2.56. The Kier molecular flexibility index (Phi) is 3.87. The lowest BCUT2D eigenvalue weighted by Gasteiger charge is -2.36. The molecule has 3 N–H and O–H groups in total. The maximum absolute atomic E-state index is 12.1. The fraction of sp³-hybridized carbons (Fsp3) is 0.462. The number of benzene rings is 1. The van der Waals surface area contributed by atoms with E-state index in [9.17, 15) is 4.79 Å². The summed E-state index contributed by atoms with van der Waals surface area (Å²) in [6.45, 7) is 0. The van der Waals surface area contributed by atoms with Gasteiger partial charge in [-0.25, -0.2) is 0 Å². The van der Waals surface area contributed by atoms with E-state index in [1.54, 1.807) is 12.1 Å². The van der Waals surface area contributed by atoms with E-state index in [2.05, 4.69) is 5.32 Å². The van der Waals surface area contributed by atoms with Crippen molar-refractivity contribution in [3.8, 4) is 11.5 Å². The quantitative estimate of drug-likeness (QED) is 0.889. The molecule has 0 spiro atoms. The van der Waals surface area contributed by atoms with Crippen molar-refractivity contribution in [3.63, 3.8) is 0 Å². The molecule has 1 aromatic carbocycles. The largest absolute Gasteiger partial charge is 0.493 e. The molecule has 1 aliphatic rings. The molecule has 1 aliphatic carbocycles. The molecule has 0 aliphatic heterocycles. The van der Waals surface area contributed by atoms with Crippen molar-refractivity contribution in [2.45, 2.75) is 24.8 Å². The molecule has 1 saturated carbocycles. The van der Waals surface area contributed by atoms with Crippen LogP contribution in [0, 0.1) is 0 Å². The number of nitrogens with two attached hydrogens (primary N) is 1. The highest BCUT2D eigenvalue weighted by Crippen LogP contribution is 2.37. The summed E-state index contributed by atoms with van der Waals surface area (Å²) in [7, 11) is 3.05. The van der Waals surface area contributed by atoms with Gasteiger partial charge in [0.1, 0.15) is 0 Å². The molecule has 1 amide bonds. The second kappa shape index (κ2) is 5.27. The highest BCUT2D eigenvalue weighted by Gasteiger charge is 2.40. The van der Waals surface area contributed by atoms with Crippen LogP contribution in [-0.2, 0) is 4.79 Å². The summed E-state index contributed by atoms with van der Waals surface area (Å²) in [6, 6.07) is 3.22. The van der Waals surface area contributed by atoms with Crippen molar-refractivity contribution in [3.05, 3.63) is 17.2 Å². The third-order valence-electron chi connectivity index (χ3n) is 3.42. The zero-order valence-electron chi connectivity index (χ0n) is 11.0. The number of carbonyl (C=O) groups is 1. The Morgan fingerprint density at radius 3 is 2.37 bits per heavy atom. The Labute approximate surface area is 117 Å². The van der Waals surface area contributed by atoms with Gasteiger partial charge in [-0.2, -0.15) is 0 Å². The van der Waals surface area contributed by atoms with Gasteiger partial charge in [0, 0.05) is 12.1 Å². The highest BCUT2D eigenvalue weighted by molar-refractivity contribution is 6.34. The molecule has 0 saturated heterocycles. The second-order valence-corrected chi connectivity index (χ2v) is 5.06. The fourth-order valence-corrected chi connectivity index (χ4v) is 2.18. The maximum atomic E-state index is 12.1. The minimum atomic E-state index is -0.767. The van der Waals surface area contributed by atoms with E-state index < -0.39 is 5.54 Å². The molecule has 5 nitrogen and oxygen atoms in total. The first kappa shape index (κ1) is 14.0. The van der Waals surface area contributed by atoms with Crippen molar-refractivity contribution in [2.24, 2.45) is 5.73 Å². The topological polar surface area (TPSA) is 73.6 Å². The van der Waals surface area contributed by atoms with Gasteiger partial charge in [-0.05, 0) is 19.3 Å². The van der Waals surface area contributed by atoms with E-state index >= 15 is 0 Å². The average molecular weight is 285 g/mol. The summed E-state index contributed by atoms with van der Waals surface area (Å²) in [5.41, 5.74) is 5.67. The molecule has 0 bridgehead atoms. The van der Waals surface area contributed by atoms with Crippen LogP contribution in [0.15, 0.2) is 12.1 Å². The van der Waals surface area contributed by atoms with Gasteiger partial charge in [0.15, 0.2) is 11.5 Å². The fourth-order valence-electron chi connectivity index (χ4n) is 1.98. The molecular formula is C13H17ClN2O3. The second-order valence-electron chi connectivity index (χ2n) is 4.65. The summed E-state index contributed by atoms with van der Waals surface area (Å²) >= 11 is 6.10. The van der Waals surface area contributed by atoms with Gasteiger partial charge in [0.05, 0.1) is 30.5 Å². The molecule has 2 rings (SSSR count). The first-order chi connectivity index (χ1) is 9.00. The van der Waals surface area contributed by atoms with Crippen LogP contribution in [-0.4, -0.2) is 25.7 Å². The van der Waals surface area contributed by atoms with Crippen LogP contribution < -0.4 is 20.5 Å². The van der Waals surface area contributed by atoms with Gasteiger partial charge in [-0.3, -0.25) is 4.79 Å². The minimum absolute atomic E-state index is 0.215. The molecule has 1 aromatic rings. The summed E-state index contributed by atoms with van der Waals surface area (Å²) in [5, 5.41) is 3.13. The van der Waals surface area contributed by atoms with Crippen LogP contribution in [0.25, 0.3) is 0 Å². The molecule has 104 valence electrons. The number of halogens is 1. The lowest BCUT2D eigenvalue weighted by atomic mass is 9.77. The SMILES string of the molecule is COc1cc(Cl)c(NC(=O)C2(N)CCC2)cc1OC. The minimum Gasteiger partial charge on any atom is -0.493 e. The van der Waals surface area contributed by atoms with E-state index in [4.69, 9.17) is 26.8 Å². The smallest absolute Gasteiger partial charge is 0.244 e. The van der Waals surface area contributed by atoms with Crippen molar-refractivity contribution in [1.82, 2.24) is 0 Å². The summed E-state index contributed by atoms with van der Waals surface area (Å²) in [5.74, 6) is 0.798. The van der Waals surface area contributed by atoms with Crippen LogP contribution in [0.2, 0.25) is 5.02 Å². The van der Waals surface area contributed by atoms with Crippen LogP contribution in [0.3, 0.4) is 0 Å². The van der Waals surface area contributed by atoms with Crippen molar-refractivity contribution < 1.29 is 14.3 Å². The molecule has 0 radical (unpaired) electrons. The molecular weight excluding hydrogens is 268 g/mol. The number of rotatable bonds is 4. The Balaban J connectivity index is 2.22. The Morgan fingerprint density at radius 1 is 1.32 bits per heavy atom. The number of anilines is 1. The van der Waals surface area contributed by atoms with Gasteiger partial charge in [-0.1, -0.05) is 11.6 Å². The molecule has 0 heterocycles. The molecule has 19 heavy (non-hydrogen) atoms. The number of ether oxygens (including phenoxy) is 2. The first-order valence-electron chi connectivity index (χ1n) is 6.02. The third kappa shape index (κ3) is 2.62. The van der Waals surface area contributed by atoms with E-state index in [1.165, 1.54) is 14.2 Å². The number of hydrogen-bond acceptors (Lipinski definition) is 4. The zero-order chi connectivity index (χ0) is 14.0. The maximum Gasteiger partial charge on any atom is 0.244 e. The Hall–Kier alpha value is -1.46. The Bertz CT molecular complexity index is 501.